The molecular formula is C16H18FNOS. The number of ether oxygens (including phenoxy) is 1. The van der Waals surface area contributed by atoms with Crippen molar-refractivity contribution in [1.82, 2.24) is 0 Å². The molecule has 4 heteroatoms. The highest BCUT2D eigenvalue weighted by Gasteiger charge is 2.00. The lowest BCUT2D eigenvalue weighted by Gasteiger charge is -2.07. The molecule has 20 heavy (non-hydrogen) atoms. The Balaban J connectivity index is 1.71. The van der Waals surface area contributed by atoms with Crippen molar-refractivity contribution in [2.45, 2.75) is 18.2 Å². The van der Waals surface area contributed by atoms with Crippen molar-refractivity contribution in [2.24, 2.45) is 0 Å². The number of nitrogen functional groups attached to an aromatic ring is 1. The summed E-state index contributed by atoms with van der Waals surface area (Å²) in [4.78, 5) is 0.859. The largest absolute Gasteiger partial charge is 0.494 e. The standard InChI is InChI=1S/C16H18FNOS/c1-12-4-2-5-15(8-12)19-6-3-7-20-16-10-13(17)9-14(18)11-16/h2,4-5,8-11H,3,6-7,18H2,1H3. The molecular weight excluding hydrogens is 273 g/mol. The maximum atomic E-state index is 13.1. The van der Waals surface area contributed by atoms with Gasteiger partial charge >= 0.3 is 0 Å². The molecule has 0 spiro atoms. The van der Waals surface area contributed by atoms with Gasteiger partial charge in [0, 0.05) is 16.3 Å². The molecule has 2 nitrogen and oxygen atoms in total. The predicted octanol–water partition coefficient (Wildman–Crippen LogP) is 4.28. The van der Waals surface area contributed by atoms with E-state index in [1.54, 1.807) is 17.8 Å². The molecule has 2 aromatic rings. The normalized spacial score (nSPS) is 10.5. The Morgan fingerprint density at radius 3 is 2.80 bits per heavy atom. The minimum absolute atomic E-state index is 0.288. The second kappa shape index (κ2) is 7.20. The van der Waals surface area contributed by atoms with Gasteiger partial charge in [-0.1, -0.05) is 12.1 Å². The van der Waals surface area contributed by atoms with E-state index in [-0.39, 0.29) is 5.82 Å². The minimum atomic E-state index is -0.288. The summed E-state index contributed by atoms with van der Waals surface area (Å²) in [5.41, 5.74) is 7.25. The lowest BCUT2D eigenvalue weighted by molar-refractivity contribution is 0.318. The Kier molecular flexibility index (Phi) is 5.30. The Morgan fingerprint density at radius 2 is 2.05 bits per heavy atom. The van der Waals surface area contributed by atoms with Gasteiger partial charge < -0.3 is 10.5 Å². The summed E-state index contributed by atoms with van der Waals surface area (Å²) in [5, 5.41) is 0. The molecule has 0 aliphatic heterocycles. The molecule has 0 bridgehead atoms. The zero-order valence-electron chi connectivity index (χ0n) is 11.4. The van der Waals surface area contributed by atoms with Gasteiger partial charge in [-0.3, -0.25) is 0 Å². The molecule has 106 valence electrons. The Labute approximate surface area is 123 Å². The molecule has 0 saturated heterocycles. The molecule has 0 atom stereocenters. The van der Waals surface area contributed by atoms with Crippen LogP contribution in [0, 0.1) is 12.7 Å². The van der Waals surface area contributed by atoms with Crippen LogP contribution >= 0.6 is 11.8 Å². The smallest absolute Gasteiger partial charge is 0.126 e. The van der Waals surface area contributed by atoms with Gasteiger partial charge in [-0.25, -0.2) is 4.39 Å². The van der Waals surface area contributed by atoms with Crippen molar-refractivity contribution in [3.05, 3.63) is 53.8 Å². The molecule has 2 rings (SSSR count). The lowest BCUT2D eigenvalue weighted by Crippen LogP contribution is -1.99. The van der Waals surface area contributed by atoms with Crippen molar-refractivity contribution >= 4 is 17.4 Å². The molecule has 0 radical (unpaired) electrons. The van der Waals surface area contributed by atoms with Crippen molar-refractivity contribution < 1.29 is 9.13 Å². The number of benzene rings is 2. The molecule has 0 unspecified atom stereocenters. The number of thioether (sulfide) groups is 1. The van der Waals surface area contributed by atoms with Gasteiger partial charge in [0.05, 0.1) is 6.61 Å². The number of hydrogen-bond acceptors (Lipinski definition) is 3. The number of hydrogen-bond donors (Lipinski definition) is 1. The van der Waals surface area contributed by atoms with Crippen LogP contribution in [0.25, 0.3) is 0 Å². The fraction of sp³-hybridized carbons (Fsp3) is 0.250. The first-order valence-corrected chi connectivity index (χ1v) is 7.50. The number of rotatable bonds is 6. The summed E-state index contributed by atoms with van der Waals surface area (Å²) >= 11 is 1.59. The third-order valence-corrected chi connectivity index (χ3v) is 3.77. The van der Waals surface area contributed by atoms with Gasteiger partial charge in [-0.2, -0.15) is 0 Å². The van der Waals surface area contributed by atoms with Gasteiger partial charge in [0.15, 0.2) is 0 Å². The van der Waals surface area contributed by atoms with E-state index in [0.717, 1.165) is 22.8 Å². The summed E-state index contributed by atoms with van der Waals surface area (Å²) in [6.07, 6.45) is 0.898. The first-order chi connectivity index (χ1) is 9.63. The molecule has 2 aromatic carbocycles. The highest BCUT2D eigenvalue weighted by Crippen LogP contribution is 2.22. The van der Waals surface area contributed by atoms with Crippen molar-refractivity contribution in [2.75, 3.05) is 18.1 Å². The Morgan fingerprint density at radius 1 is 1.20 bits per heavy atom. The molecule has 0 fully saturated rings. The molecule has 0 aliphatic rings. The maximum Gasteiger partial charge on any atom is 0.126 e. The summed E-state index contributed by atoms with van der Waals surface area (Å²) < 4.78 is 18.8. The fourth-order valence-corrected chi connectivity index (χ4v) is 2.73. The molecule has 0 heterocycles. The average Bonchev–Trinajstić information content (AvgIpc) is 2.37. The highest BCUT2D eigenvalue weighted by molar-refractivity contribution is 7.99. The van der Waals surface area contributed by atoms with E-state index >= 15 is 0 Å². The van der Waals surface area contributed by atoms with Crippen LogP contribution in [0.5, 0.6) is 5.75 Å². The average molecular weight is 291 g/mol. The van der Waals surface area contributed by atoms with Crippen molar-refractivity contribution in [3.8, 4) is 5.75 Å². The summed E-state index contributed by atoms with van der Waals surface area (Å²) in [6.45, 7) is 2.69. The molecule has 0 saturated carbocycles. The van der Waals surface area contributed by atoms with Crippen LogP contribution in [-0.2, 0) is 0 Å². The van der Waals surface area contributed by atoms with E-state index in [1.807, 2.05) is 31.2 Å². The molecule has 0 aliphatic carbocycles. The highest BCUT2D eigenvalue weighted by atomic mass is 32.2. The lowest BCUT2D eigenvalue weighted by atomic mass is 10.2. The van der Waals surface area contributed by atoms with Gasteiger partial charge in [0.25, 0.3) is 0 Å². The zero-order valence-corrected chi connectivity index (χ0v) is 12.3. The predicted molar refractivity (Wildman–Crippen MR) is 82.8 cm³/mol. The van der Waals surface area contributed by atoms with Gasteiger partial charge in [-0.15, -0.1) is 11.8 Å². The fourth-order valence-electron chi connectivity index (χ4n) is 1.81. The second-order valence-electron chi connectivity index (χ2n) is 4.59. The topological polar surface area (TPSA) is 35.2 Å². The second-order valence-corrected chi connectivity index (χ2v) is 5.76. The van der Waals surface area contributed by atoms with Crippen LogP contribution in [-0.4, -0.2) is 12.4 Å². The van der Waals surface area contributed by atoms with E-state index in [9.17, 15) is 4.39 Å². The van der Waals surface area contributed by atoms with Crippen LogP contribution in [0.1, 0.15) is 12.0 Å². The van der Waals surface area contributed by atoms with Crippen LogP contribution < -0.4 is 10.5 Å². The minimum Gasteiger partial charge on any atom is -0.494 e. The van der Waals surface area contributed by atoms with Gasteiger partial charge in [-0.05, 0) is 49.2 Å². The maximum absolute atomic E-state index is 13.1. The SMILES string of the molecule is Cc1cccc(OCCCSc2cc(N)cc(F)c2)c1. The van der Waals surface area contributed by atoms with E-state index in [1.165, 1.54) is 17.7 Å². The third kappa shape index (κ3) is 4.78. The summed E-state index contributed by atoms with van der Waals surface area (Å²) in [7, 11) is 0. The van der Waals surface area contributed by atoms with Crippen LogP contribution in [0.15, 0.2) is 47.4 Å². The number of aryl methyl sites for hydroxylation is 1. The zero-order chi connectivity index (χ0) is 14.4. The first kappa shape index (κ1) is 14.7. The van der Waals surface area contributed by atoms with Crippen LogP contribution in [0.3, 0.4) is 0 Å². The first-order valence-electron chi connectivity index (χ1n) is 6.52. The van der Waals surface area contributed by atoms with E-state index in [0.29, 0.717) is 12.3 Å². The Bertz CT molecular complexity index is 554. The van der Waals surface area contributed by atoms with E-state index in [4.69, 9.17) is 10.5 Å². The van der Waals surface area contributed by atoms with Crippen molar-refractivity contribution in [3.63, 3.8) is 0 Å². The molecule has 2 N–H and O–H groups in total. The summed E-state index contributed by atoms with van der Waals surface area (Å²) in [6, 6.07) is 12.6. The van der Waals surface area contributed by atoms with E-state index < -0.39 is 0 Å². The molecule has 0 amide bonds. The Hall–Kier alpha value is -1.68. The summed E-state index contributed by atoms with van der Waals surface area (Å²) in [5.74, 6) is 1.47. The van der Waals surface area contributed by atoms with Crippen LogP contribution in [0.4, 0.5) is 10.1 Å². The molecule has 0 aromatic heterocycles. The van der Waals surface area contributed by atoms with Crippen LogP contribution in [0.2, 0.25) is 0 Å². The number of anilines is 1. The van der Waals surface area contributed by atoms with E-state index in [2.05, 4.69) is 0 Å². The number of nitrogens with two attached hydrogens (primary N) is 1. The van der Waals surface area contributed by atoms with Crippen molar-refractivity contribution in [1.29, 1.82) is 0 Å². The third-order valence-electron chi connectivity index (χ3n) is 2.71. The monoisotopic (exact) mass is 291 g/mol. The quantitative estimate of drug-likeness (QED) is 0.490. The van der Waals surface area contributed by atoms with Gasteiger partial charge in [0.1, 0.15) is 11.6 Å². The van der Waals surface area contributed by atoms with Gasteiger partial charge in [0.2, 0.25) is 0 Å². The number of halogens is 1.